The zero-order valence-corrected chi connectivity index (χ0v) is 16.0. The number of amides is 1. The van der Waals surface area contributed by atoms with E-state index in [4.69, 9.17) is 23.2 Å². The minimum atomic E-state index is -0.211. The third-order valence-electron chi connectivity index (χ3n) is 4.41. The van der Waals surface area contributed by atoms with Gasteiger partial charge in [0.25, 0.3) is 11.5 Å². The van der Waals surface area contributed by atoms with Gasteiger partial charge in [0.15, 0.2) is 0 Å². The molecule has 0 fully saturated rings. The predicted octanol–water partition coefficient (Wildman–Crippen LogP) is 4.51. The normalized spacial score (nSPS) is 10.9. The lowest BCUT2D eigenvalue weighted by Crippen LogP contribution is -2.32. The van der Waals surface area contributed by atoms with Gasteiger partial charge >= 0.3 is 0 Å². The van der Waals surface area contributed by atoms with Gasteiger partial charge in [-0.05, 0) is 30.7 Å². The van der Waals surface area contributed by atoms with Crippen molar-refractivity contribution in [3.63, 3.8) is 0 Å². The van der Waals surface area contributed by atoms with Crippen molar-refractivity contribution in [2.45, 2.75) is 13.5 Å². The molecule has 0 aliphatic carbocycles. The molecule has 6 heteroatoms. The van der Waals surface area contributed by atoms with Gasteiger partial charge in [0.05, 0.1) is 21.1 Å². The fourth-order valence-electron chi connectivity index (χ4n) is 2.94. The van der Waals surface area contributed by atoms with E-state index in [1.165, 1.54) is 6.07 Å². The minimum Gasteiger partial charge on any atom is -0.335 e. The van der Waals surface area contributed by atoms with Crippen molar-refractivity contribution in [2.75, 3.05) is 6.54 Å². The summed E-state index contributed by atoms with van der Waals surface area (Å²) in [6.07, 6.45) is 0. The number of pyridine rings is 1. The van der Waals surface area contributed by atoms with Gasteiger partial charge in [0.2, 0.25) is 0 Å². The van der Waals surface area contributed by atoms with Gasteiger partial charge in [0, 0.05) is 31.6 Å². The molecule has 1 aromatic heterocycles. The van der Waals surface area contributed by atoms with E-state index in [2.05, 4.69) is 0 Å². The SMILES string of the molecule is CCN(Cc1ccc(Cl)c(Cl)c1)C(=O)c1cc(=O)n(C)c2ccccc12. The zero-order valence-electron chi connectivity index (χ0n) is 14.5. The number of para-hydroxylation sites is 1. The molecule has 0 atom stereocenters. The number of aromatic nitrogens is 1. The number of nitrogens with zero attached hydrogens (tertiary/aromatic N) is 2. The first-order valence-corrected chi connectivity index (χ1v) is 9.00. The summed E-state index contributed by atoms with van der Waals surface area (Å²) in [4.78, 5) is 27.1. The molecule has 0 spiro atoms. The fraction of sp³-hybridized carbons (Fsp3) is 0.200. The molecule has 3 rings (SSSR count). The second kappa shape index (κ2) is 7.52. The van der Waals surface area contributed by atoms with Crippen LogP contribution in [0, 0.1) is 0 Å². The Kier molecular flexibility index (Phi) is 5.35. The van der Waals surface area contributed by atoms with Gasteiger partial charge in [-0.25, -0.2) is 0 Å². The van der Waals surface area contributed by atoms with Crippen LogP contribution in [0.3, 0.4) is 0 Å². The smallest absolute Gasteiger partial charge is 0.255 e. The van der Waals surface area contributed by atoms with Crippen LogP contribution in [0.5, 0.6) is 0 Å². The Morgan fingerprint density at radius 3 is 2.50 bits per heavy atom. The molecule has 0 saturated heterocycles. The van der Waals surface area contributed by atoms with Crippen molar-refractivity contribution in [3.05, 3.63) is 80.1 Å². The number of aryl methyl sites for hydroxylation is 1. The molecule has 0 aliphatic rings. The number of hydrogen-bond acceptors (Lipinski definition) is 2. The lowest BCUT2D eigenvalue weighted by atomic mass is 10.1. The first-order valence-electron chi connectivity index (χ1n) is 8.24. The van der Waals surface area contributed by atoms with Gasteiger partial charge in [0.1, 0.15) is 0 Å². The van der Waals surface area contributed by atoms with E-state index in [9.17, 15) is 9.59 Å². The van der Waals surface area contributed by atoms with Gasteiger partial charge in [-0.3, -0.25) is 9.59 Å². The summed E-state index contributed by atoms with van der Waals surface area (Å²) in [7, 11) is 1.70. The number of halogens is 2. The fourth-order valence-corrected chi connectivity index (χ4v) is 3.26. The Bertz CT molecular complexity index is 1040. The Labute approximate surface area is 161 Å². The number of hydrogen-bond donors (Lipinski definition) is 0. The highest BCUT2D eigenvalue weighted by Gasteiger charge is 2.19. The molecule has 1 amide bonds. The van der Waals surface area contributed by atoms with Crippen molar-refractivity contribution in [1.29, 1.82) is 0 Å². The maximum absolute atomic E-state index is 13.1. The van der Waals surface area contributed by atoms with Crippen LogP contribution in [0.4, 0.5) is 0 Å². The molecule has 0 radical (unpaired) electrons. The predicted molar refractivity (Wildman–Crippen MR) is 106 cm³/mol. The summed E-state index contributed by atoms with van der Waals surface area (Å²) in [6.45, 7) is 2.79. The molecule has 0 saturated carbocycles. The molecule has 1 heterocycles. The first-order chi connectivity index (χ1) is 12.4. The molecular weight excluding hydrogens is 371 g/mol. The van der Waals surface area contributed by atoms with Crippen LogP contribution >= 0.6 is 23.2 Å². The topological polar surface area (TPSA) is 42.3 Å². The molecule has 0 bridgehead atoms. The summed E-state index contributed by atoms with van der Waals surface area (Å²) in [5.41, 5.74) is 1.81. The average Bonchev–Trinajstić information content (AvgIpc) is 2.65. The number of carbonyl (C=O) groups is 1. The van der Waals surface area contributed by atoms with E-state index in [1.807, 2.05) is 37.3 Å². The molecule has 3 aromatic rings. The Balaban J connectivity index is 2.01. The number of benzene rings is 2. The molecule has 0 N–H and O–H groups in total. The first kappa shape index (κ1) is 18.5. The molecule has 2 aromatic carbocycles. The second-order valence-electron chi connectivity index (χ2n) is 6.04. The largest absolute Gasteiger partial charge is 0.335 e. The Morgan fingerprint density at radius 2 is 1.81 bits per heavy atom. The molecule has 4 nitrogen and oxygen atoms in total. The zero-order chi connectivity index (χ0) is 18.8. The number of carbonyl (C=O) groups excluding carboxylic acids is 1. The third-order valence-corrected chi connectivity index (χ3v) is 5.15. The maximum atomic E-state index is 13.1. The lowest BCUT2D eigenvalue weighted by Gasteiger charge is -2.22. The summed E-state index contributed by atoms with van der Waals surface area (Å²) in [6, 6.07) is 14.1. The summed E-state index contributed by atoms with van der Waals surface area (Å²) < 4.78 is 1.54. The van der Waals surface area contributed by atoms with Crippen molar-refractivity contribution < 1.29 is 4.79 Å². The van der Waals surface area contributed by atoms with Crippen LogP contribution in [-0.2, 0) is 13.6 Å². The number of fused-ring (bicyclic) bond motifs is 1. The summed E-state index contributed by atoms with van der Waals surface area (Å²) in [5.74, 6) is -0.188. The van der Waals surface area contributed by atoms with E-state index >= 15 is 0 Å². The quantitative estimate of drug-likeness (QED) is 0.659. The monoisotopic (exact) mass is 388 g/mol. The van der Waals surface area contributed by atoms with E-state index < -0.39 is 0 Å². The van der Waals surface area contributed by atoms with Crippen LogP contribution in [0.1, 0.15) is 22.8 Å². The van der Waals surface area contributed by atoms with E-state index in [1.54, 1.807) is 28.6 Å². The van der Waals surface area contributed by atoms with E-state index in [-0.39, 0.29) is 11.5 Å². The van der Waals surface area contributed by atoms with Crippen molar-refractivity contribution in [1.82, 2.24) is 9.47 Å². The average molecular weight is 389 g/mol. The standard InChI is InChI=1S/C20H18Cl2N2O2/c1-3-24(12-13-8-9-16(21)17(22)10-13)20(26)15-11-19(25)23(2)18-7-5-4-6-14(15)18/h4-11H,3,12H2,1-2H3. The van der Waals surface area contributed by atoms with Crippen LogP contribution in [-0.4, -0.2) is 21.9 Å². The number of rotatable bonds is 4. The molecule has 134 valence electrons. The van der Waals surface area contributed by atoms with Crippen LogP contribution < -0.4 is 5.56 Å². The van der Waals surface area contributed by atoms with Gasteiger partial charge in [-0.2, -0.15) is 0 Å². The summed E-state index contributed by atoms with van der Waals surface area (Å²) in [5, 5.41) is 1.68. The van der Waals surface area contributed by atoms with Crippen molar-refractivity contribution >= 4 is 40.0 Å². The molecule has 0 unspecified atom stereocenters. The Hall–Kier alpha value is -2.30. The lowest BCUT2D eigenvalue weighted by molar-refractivity contribution is 0.0754. The maximum Gasteiger partial charge on any atom is 0.255 e. The van der Waals surface area contributed by atoms with E-state index in [0.717, 1.165) is 16.5 Å². The molecule has 26 heavy (non-hydrogen) atoms. The van der Waals surface area contributed by atoms with Crippen LogP contribution in [0.15, 0.2) is 53.3 Å². The molecular formula is C20H18Cl2N2O2. The van der Waals surface area contributed by atoms with Gasteiger partial charge in [-0.15, -0.1) is 0 Å². The van der Waals surface area contributed by atoms with Crippen LogP contribution in [0.25, 0.3) is 10.9 Å². The highest BCUT2D eigenvalue weighted by molar-refractivity contribution is 6.42. The Morgan fingerprint density at radius 1 is 1.08 bits per heavy atom. The highest BCUT2D eigenvalue weighted by Crippen LogP contribution is 2.24. The molecule has 0 aliphatic heterocycles. The van der Waals surface area contributed by atoms with Crippen molar-refractivity contribution in [3.8, 4) is 0 Å². The third kappa shape index (κ3) is 3.48. The minimum absolute atomic E-state index is 0.188. The second-order valence-corrected chi connectivity index (χ2v) is 6.85. The summed E-state index contributed by atoms with van der Waals surface area (Å²) >= 11 is 12.0. The van der Waals surface area contributed by atoms with Gasteiger partial charge < -0.3 is 9.47 Å². The van der Waals surface area contributed by atoms with Gasteiger partial charge in [-0.1, -0.05) is 47.5 Å². The van der Waals surface area contributed by atoms with E-state index in [0.29, 0.717) is 28.7 Å². The highest BCUT2D eigenvalue weighted by atomic mass is 35.5. The van der Waals surface area contributed by atoms with Crippen molar-refractivity contribution in [2.24, 2.45) is 7.05 Å². The van der Waals surface area contributed by atoms with Crippen LogP contribution in [0.2, 0.25) is 10.0 Å².